The lowest BCUT2D eigenvalue weighted by Gasteiger charge is -2.09. The van der Waals surface area contributed by atoms with Gasteiger partial charge in [0.2, 0.25) is 0 Å². The van der Waals surface area contributed by atoms with Crippen molar-refractivity contribution < 1.29 is 13.7 Å². The molecule has 0 saturated carbocycles. The summed E-state index contributed by atoms with van der Waals surface area (Å²) in [6, 6.07) is 7.64. The number of aromatic nitrogens is 1. The van der Waals surface area contributed by atoms with Crippen molar-refractivity contribution in [3.8, 4) is 28.2 Å². The quantitative estimate of drug-likeness (QED) is 0.765. The van der Waals surface area contributed by atoms with Gasteiger partial charge in [0, 0.05) is 5.56 Å². The number of nitrogens with zero attached hydrogens (tertiary/aromatic N) is 1. The third-order valence-corrected chi connectivity index (χ3v) is 3.82. The first-order valence-electron chi connectivity index (χ1n) is 6.25. The fourth-order valence-corrected chi connectivity index (χ4v) is 2.64. The summed E-state index contributed by atoms with van der Waals surface area (Å²) in [5.74, 6) is 1.55. The number of benzene rings is 1. The van der Waals surface area contributed by atoms with Gasteiger partial charge in [-0.25, -0.2) is 0 Å². The molecule has 0 radical (unpaired) electrons. The van der Waals surface area contributed by atoms with Gasteiger partial charge >= 0.3 is 0 Å². The summed E-state index contributed by atoms with van der Waals surface area (Å²) < 4.78 is 16.6. The molecule has 21 heavy (non-hydrogen) atoms. The lowest BCUT2D eigenvalue weighted by molar-refractivity contribution is 0.416. The summed E-state index contributed by atoms with van der Waals surface area (Å²) in [7, 11) is 1.62. The SMILES string of the molecule is COc1ccc(C)cc1-c1c(N)noc1-c1ccoc1Br. The van der Waals surface area contributed by atoms with Crippen LogP contribution in [0, 0.1) is 6.92 Å². The Morgan fingerprint density at radius 1 is 1.24 bits per heavy atom. The van der Waals surface area contributed by atoms with Crippen LogP contribution in [-0.4, -0.2) is 12.3 Å². The van der Waals surface area contributed by atoms with Crippen molar-refractivity contribution in [2.75, 3.05) is 12.8 Å². The summed E-state index contributed by atoms with van der Waals surface area (Å²) in [5, 5.41) is 3.88. The number of nitrogen functional groups attached to an aromatic ring is 1. The number of anilines is 1. The molecule has 0 saturated heterocycles. The minimum Gasteiger partial charge on any atom is -0.496 e. The van der Waals surface area contributed by atoms with Gasteiger partial charge in [0.05, 0.1) is 24.5 Å². The highest BCUT2D eigenvalue weighted by molar-refractivity contribution is 9.10. The van der Waals surface area contributed by atoms with E-state index in [4.69, 9.17) is 19.4 Å². The van der Waals surface area contributed by atoms with Crippen LogP contribution in [0.2, 0.25) is 0 Å². The van der Waals surface area contributed by atoms with Crippen LogP contribution in [-0.2, 0) is 0 Å². The van der Waals surface area contributed by atoms with Gasteiger partial charge in [0.25, 0.3) is 0 Å². The van der Waals surface area contributed by atoms with Crippen LogP contribution in [0.25, 0.3) is 22.5 Å². The van der Waals surface area contributed by atoms with Crippen LogP contribution in [0.3, 0.4) is 0 Å². The molecule has 108 valence electrons. The van der Waals surface area contributed by atoms with Crippen molar-refractivity contribution in [3.63, 3.8) is 0 Å². The summed E-state index contributed by atoms with van der Waals surface area (Å²) in [6.45, 7) is 2.00. The highest BCUT2D eigenvalue weighted by Gasteiger charge is 2.23. The van der Waals surface area contributed by atoms with Crippen LogP contribution >= 0.6 is 15.9 Å². The van der Waals surface area contributed by atoms with Gasteiger partial charge in [0.15, 0.2) is 16.2 Å². The largest absolute Gasteiger partial charge is 0.496 e. The second kappa shape index (κ2) is 5.29. The minimum atomic E-state index is 0.307. The second-order valence-electron chi connectivity index (χ2n) is 4.58. The molecule has 2 aromatic heterocycles. The molecule has 1 aromatic carbocycles. The van der Waals surface area contributed by atoms with Gasteiger partial charge in [-0.15, -0.1) is 0 Å². The molecule has 3 aromatic rings. The molecule has 0 bridgehead atoms. The molecule has 3 rings (SSSR count). The van der Waals surface area contributed by atoms with E-state index in [1.165, 1.54) is 0 Å². The maximum absolute atomic E-state index is 6.00. The Morgan fingerprint density at radius 2 is 2.05 bits per heavy atom. The van der Waals surface area contributed by atoms with Crippen LogP contribution < -0.4 is 10.5 Å². The molecular formula is C15H13BrN2O3. The molecule has 6 heteroatoms. The number of furan rings is 1. The fraction of sp³-hybridized carbons (Fsp3) is 0.133. The zero-order chi connectivity index (χ0) is 15.0. The van der Waals surface area contributed by atoms with Crippen LogP contribution in [0.15, 0.2) is 44.1 Å². The molecular weight excluding hydrogens is 336 g/mol. The van der Waals surface area contributed by atoms with E-state index in [1.807, 2.05) is 25.1 Å². The maximum atomic E-state index is 6.00. The zero-order valence-corrected chi connectivity index (χ0v) is 13.1. The van der Waals surface area contributed by atoms with E-state index in [1.54, 1.807) is 19.4 Å². The first-order valence-corrected chi connectivity index (χ1v) is 7.04. The van der Waals surface area contributed by atoms with E-state index in [9.17, 15) is 0 Å². The Hall–Kier alpha value is -2.21. The van der Waals surface area contributed by atoms with Gasteiger partial charge in [-0.05, 0) is 41.1 Å². The van der Waals surface area contributed by atoms with Crippen molar-refractivity contribution in [3.05, 3.63) is 40.8 Å². The molecule has 2 N–H and O–H groups in total. The average molecular weight is 349 g/mol. The molecule has 0 atom stereocenters. The number of methoxy groups -OCH3 is 1. The molecule has 0 fully saturated rings. The van der Waals surface area contributed by atoms with E-state index < -0.39 is 0 Å². The molecule has 0 aliphatic rings. The third kappa shape index (κ3) is 2.31. The first-order chi connectivity index (χ1) is 10.1. The Balaban J connectivity index is 2.27. The van der Waals surface area contributed by atoms with E-state index in [0.717, 1.165) is 16.7 Å². The third-order valence-electron chi connectivity index (χ3n) is 3.21. The molecule has 2 heterocycles. The predicted molar refractivity (Wildman–Crippen MR) is 83.0 cm³/mol. The lowest BCUT2D eigenvalue weighted by Crippen LogP contribution is -1.93. The average Bonchev–Trinajstić information content (AvgIpc) is 3.04. The van der Waals surface area contributed by atoms with Gasteiger partial charge in [0.1, 0.15) is 5.75 Å². The number of nitrogens with two attached hydrogens (primary N) is 1. The second-order valence-corrected chi connectivity index (χ2v) is 5.30. The highest BCUT2D eigenvalue weighted by Crippen LogP contribution is 2.43. The Kier molecular flexibility index (Phi) is 3.47. The lowest BCUT2D eigenvalue weighted by atomic mass is 10.00. The standard InChI is InChI=1S/C15H13BrN2O3/c1-8-3-4-11(19-2)10(7-8)12-13(21-18-15(12)17)9-5-6-20-14(9)16/h3-7H,1-2H3,(H2,17,18). The van der Waals surface area contributed by atoms with Crippen molar-refractivity contribution in [2.45, 2.75) is 6.92 Å². The molecule has 0 amide bonds. The van der Waals surface area contributed by atoms with Crippen LogP contribution in [0.4, 0.5) is 5.82 Å². The Bertz CT molecular complexity index is 792. The predicted octanol–water partition coefficient (Wildman–Crippen LogP) is 4.26. The normalized spacial score (nSPS) is 10.8. The molecule has 0 unspecified atom stereocenters. The van der Waals surface area contributed by atoms with Gasteiger partial charge < -0.3 is 19.4 Å². The monoisotopic (exact) mass is 348 g/mol. The van der Waals surface area contributed by atoms with E-state index in [2.05, 4.69) is 21.1 Å². The number of rotatable bonds is 3. The fourth-order valence-electron chi connectivity index (χ4n) is 2.22. The topological polar surface area (TPSA) is 74.4 Å². The van der Waals surface area contributed by atoms with Gasteiger partial charge in [-0.1, -0.05) is 16.8 Å². The van der Waals surface area contributed by atoms with E-state index in [-0.39, 0.29) is 0 Å². The highest BCUT2D eigenvalue weighted by atomic mass is 79.9. The van der Waals surface area contributed by atoms with Crippen molar-refractivity contribution in [2.24, 2.45) is 0 Å². The van der Waals surface area contributed by atoms with Crippen LogP contribution in [0.5, 0.6) is 5.75 Å². The summed E-state index contributed by atoms with van der Waals surface area (Å²) in [4.78, 5) is 0. The summed E-state index contributed by atoms with van der Waals surface area (Å²) >= 11 is 3.34. The molecule has 5 nitrogen and oxygen atoms in total. The number of halogens is 1. The molecule has 0 aliphatic heterocycles. The number of ether oxygens (including phenoxy) is 1. The summed E-state index contributed by atoms with van der Waals surface area (Å²) in [6.07, 6.45) is 1.56. The van der Waals surface area contributed by atoms with Crippen molar-refractivity contribution in [1.82, 2.24) is 5.16 Å². The summed E-state index contributed by atoms with van der Waals surface area (Å²) in [5.41, 5.74) is 9.36. The maximum Gasteiger partial charge on any atom is 0.181 e. The molecule has 0 aliphatic carbocycles. The van der Waals surface area contributed by atoms with Crippen molar-refractivity contribution >= 4 is 21.7 Å². The minimum absolute atomic E-state index is 0.307. The van der Waals surface area contributed by atoms with Gasteiger partial charge in [-0.2, -0.15) is 0 Å². The zero-order valence-electron chi connectivity index (χ0n) is 11.5. The van der Waals surface area contributed by atoms with Crippen molar-refractivity contribution in [1.29, 1.82) is 0 Å². The van der Waals surface area contributed by atoms with Gasteiger partial charge in [-0.3, -0.25) is 0 Å². The number of hydrogen-bond donors (Lipinski definition) is 1. The van der Waals surface area contributed by atoms with Crippen LogP contribution in [0.1, 0.15) is 5.56 Å². The first kappa shape index (κ1) is 13.8. The number of aryl methyl sites for hydroxylation is 1. The molecule has 0 spiro atoms. The van der Waals surface area contributed by atoms with E-state index >= 15 is 0 Å². The Labute approximate surface area is 129 Å². The Morgan fingerprint density at radius 3 is 2.71 bits per heavy atom. The van der Waals surface area contributed by atoms with E-state index in [0.29, 0.717) is 27.6 Å². The number of hydrogen-bond acceptors (Lipinski definition) is 5. The smallest absolute Gasteiger partial charge is 0.181 e.